The first-order valence-corrected chi connectivity index (χ1v) is 7.37. The van der Waals surface area contributed by atoms with Gasteiger partial charge in [-0.25, -0.2) is 4.98 Å². The average molecular weight is 319 g/mol. The fourth-order valence-corrected chi connectivity index (χ4v) is 3.20. The van der Waals surface area contributed by atoms with Crippen molar-refractivity contribution in [3.8, 4) is 34.4 Å². The Morgan fingerprint density at radius 3 is 2.79 bits per heavy atom. The van der Waals surface area contributed by atoms with E-state index in [0.717, 1.165) is 11.1 Å². The molecule has 1 aliphatic carbocycles. The molecule has 0 spiro atoms. The van der Waals surface area contributed by atoms with Gasteiger partial charge in [-0.15, -0.1) is 0 Å². The molecule has 24 heavy (non-hydrogen) atoms. The number of furan rings is 1. The van der Waals surface area contributed by atoms with Crippen molar-refractivity contribution in [1.29, 1.82) is 5.26 Å². The highest BCUT2D eigenvalue weighted by atomic mass is 16.4. The summed E-state index contributed by atoms with van der Waals surface area (Å²) in [5, 5.41) is 28.9. The topological polar surface area (TPSA) is 116 Å². The van der Waals surface area contributed by atoms with Crippen LogP contribution in [0.15, 0.2) is 34.7 Å². The number of nitrogens with two attached hydrogens (primary N) is 1. The minimum absolute atomic E-state index is 0.0873. The van der Waals surface area contributed by atoms with Crippen molar-refractivity contribution >= 4 is 5.82 Å². The summed E-state index contributed by atoms with van der Waals surface area (Å²) >= 11 is 0. The van der Waals surface area contributed by atoms with Crippen molar-refractivity contribution < 1.29 is 14.6 Å². The molecular weight excluding hydrogens is 306 g/mol. The van der Waals surface area contributed by atoms with E-state index in [1.165, 1.54) is 0 Å². The van der Waals surface area contributed by atoms with Gasteiger partial charge in [0.1, 0.15) is 41.3 Å². The second-order valence-corrected chi connectivity index (χ2v) is 5.60. The fourth-order valence-electron chi connectivity index (χ4n) is 3.20. The summed E-state index contributed by atoms with van der Waals surface area (Å²) in [7, 11) is 0. The number of fused-ring (bicyclic) bond motifs is 3. The number of nitrogens with zero attached hydrogens (tertiary/aromatic N) is 2. The normalized spacial score (nSPS) is 11.8. The standard InChI is InChI=1S/C18H13N3O3/c19-7-12-16(14-5-4-10(8-22)24-14)11-6-9-2-1-3-13(23)15(9)17(11)21-18(12)20/h1-5,22-23H,6,8H2,(H2,20,21). The molecular formula is C18H13N3O3. The van der Waals surface area contributed by atoms with Crippen LogP contribution < -0.4 is 5.73 Å². The number of hydrogen-bond acceptors (Lipinski definition) is 6. The van der Waals surface area contributed by atoms with E-state index in [9.17, 15) is 15.5 Å². The molecule has 0 aliphatic heterocycles. The van der Waals surface area contributed by atoms with Gasteiger partial charge in [0, 0.05) is 17.5 Å². The van der Waals surface area contributed by atoms with Crippen LogP contribution in [0.25, 0.3) is 22.6 Å². The first-order valence-electron chi connectivity index (χ1n) is 7.37. The number of aromatic nitrogens is 1. The van der Waals surface area contributed by atoms with Crippen molar-refractivity contribution in [3.63, 3.8) is 0 Å². The molecule has 0 atom stereocenters. The molecule has 0 amide bonds. The largest absolute Gasteiger partial charge is 0.507 e. The summed E-state index contributed by atoms with van der Waals surface area (Å²) in [5.41, 5.74) is 9.69. The summed E-state index contributed by atoms with van der Waals surface area (Å²) in [6.07, 6.45) is 0.519. The number of rotatable bonds is 2. The van der Waals surface area contributed by atoms with Crippen LogP contribution in [0, 0.1) is 11.3 Å². The molecule has 2 aromatic heterocycles. The first-order chi connectivity index (χ1) is 11.6. The van der Waals surface area contributed by atoms with E-state index in [4.69, 9.17) is 10.2 Å². The third-order valence-electron chi connectivity index (χ3n) is 4.23. The minimum atomic E-state index is -0.230. The van der Waals surface area contributed by atoms with Crippen LogP contribution in [0.4, 0.5) is 5.82 Å². The maximum Gasteiger partial charge on any atom is 0.142 e. The molecule has 4 rings (SSSR count). The number of aromatic hydroxyl groups is 1. The van der Waals surface area contributed by atoms with E-state index in [2.05, 4.69) is 11.1 Å². The van der Waals surface area contributed by atoms with Gasteiger partial charge in [0.05, 0.1) is 5.69 Å². The molecule has 118 valence electrons. The molecule has 3 aromatic rings. The van der Waals surface area contributed by atoms with Gasteiger partial charge >= 0.3 is 0 Å². The zero-order valence-electron chi connectivity index (χ0n) is 12.6. The molecule has 0 saturated heterocycles. The SMILES string of the molecule is N#Cc1c(N)nc2c(c1-c1ccc(CO)o1)Cc1cccc(O)c1-2. The lowest BCUT2D eigenvalue weighted by Gasteiger charge is -2.11. The van der Waals surface area contributed by atoms with E-state index in [0.29, 0.717) is 34.8 Å². The molecule has 0 bridgehead atoms. The summed E-state index contributed by atoms with van der Waals surface area (Å²) in [5.74, 6) is 1.07. The van der Waals surface area contributed by atoms with Gasteiger partial charge in [-0.2, -0.15) is 5.26 Å². The predicted octanol–water partition coefficient (Wildman–Crippen LogP) is 2.56. The Hall–Kier alpha value is -3.30. The zero-order valence-corrected chi connectivity index (χ0v) is 12.6. The van der Waals surface area contributed by atoms with Gasteiger partial charge in [-0.3, -0.25) is 0 Å². The number of anilines is 1. The molecule has 2 heterocycles. The number of hydrogen-bond donors (Lipinski definition) is 3. The van der Waals surface area contributed by atoms with E-state index in [1.807, 2.05) is 6.07 Å². The highest BCUT2D eigenvalue weighted by Gasteiger charge is 2.30. The van der Waals surface area contributed by atoms with Gasteiger partial charge in [-0.1, -0.05) is 12.1 Å². The number of aliphatic hydroxyl groups excluding tert-OH is 1. The average Bonchev–Trinajstić information content (AvgIpc) is 3.18. The van der Waals surface area contributed by atoms with Crippen LogP contribution in [-0.4, -0.2) is 15.2 Å². The Balaban J connectivity index is 2.05. The molecule has 0 unspecified atom stereocenters. The molecule has 6 heteroatoms. The van der Waals surface area contributed by atoms with Crippen molar-refractivity contribution in [2.45, 2.75) is 13.0 Å². The van der Waals surface area contributed by atoms with E-state index < -0.39 is 0 Å². The molecule has 0 radical (unpaired) electrons. The second kappa shape index (κ2) is 5.11. The number of phenolic OH excluding ortho intramolecular Hbond substituents is 1. The number of benzene rings is 1. The maximum absolute atomic E-state index is 10.2. The second-order valence-electron chi connectivity index (χ2n) is 5.60. The lowest BCUT2D eigenvalue weighted by molar-refractivity contribution is 0.248. The number of aliphatic hydroxyl groups is 1. The lowest BCUT2D eigenvalue weighted by Crippen LogP contribution is -2.02. The molecule has 1 aromatic carbocycles. The smallest absolute Gasteiger partial charge is 0.142 e. The Labute approximate surface area is 137 Å². The van der Waals surface area contributed by atoms with E-state index in [-0.39, 0.29) is 23.7 Å². The maximum atomic E-state index is 10.2. The quantitative estimate of drug-likeness (QED) is 0.523. The van der Waals surface area contributed by atoms with Crippen LogP contribution in [0.3, 0.4) is 0 Å². The van der Waals surface area contributed by atoms with Gasteiger partial charge in [0.25, 0.3) is 0 Å². The summed E-state index contributed by atoms with van der Waals surface area (Å²) < 4.78 is 5.62. The van der Waals surface area contributed by atoms with Gasteiger partial charge in [-0.05, 0) is 29.3 Å². The van der Waals surface area contributed by atoms with Crippen molar-refractivity contribution in [2.24, 2.45) is 0 Å². The van der Waals surface area contributed by atoms with Crippen LogP contribution in [0.2, 0.25) is 0 Å². The summed E-state index contributed by atoms with van der Waals surface area (Å²) in [6, 6.07) is 10.7. The Bertz CT molecular complexity index is 1020. The lowest BCUT2D eigenvalue weighted by atomic mass is 9.98. The van der Waals surface area contributed by atoms with Crippen LogP contribution >= 0.6 is 0 Å². The van der Waals surface area contributed by atoms with Gasteiger partial charge in [0.2, 0.25) is 0 Å². The minimum Gasteiger partial charge on any atom is -0.507 e. The van der Waals surface area contributed by atoms with Crippen LogP contribution in [0.5, 0.6) is 5.75 Å². The van der Waals surface area contributed by atoms with E-state index in [1.54, 1.807) is 24.3 Å². The number of phenols is 1. The summed E-state index contributed by atoms with van der Waals surface area (Å²) in [6.45, 7) is -0.230. The van der Waals surface area contributed by atoms with Gasteiger partial charge < -0.3 is 20.4 Å². The predicted molar refractivity (Wildman–Crippen MR) is 86.9 cm³/mol. The molecule has 4 N–H and O–H groups in total. The molecule has 1 aliphatic rings. The number of nitrogen functional groups attached to an aromatic ring is 1. The first kappa shape index (κ1) is 14.3. The van der Waals surface area contributed by atoms with Crippen molar-refractivity contribution in [3.05, 3.63) is 52.8 Å². The molecule has 0 fully saturated rings. The van der Waals surface area contributed by atoms with Crippen LogP contribution in [0.1, 0.15) is 22.5 Å². The highest BCUT2D eigenvalue weighted by molar-refractivity contribution is 5.89. The number of pyridine rings is 1. The third kappa shape index (κ3) is 1.89. The van der Waals surface area contributed by atoms with Gasteiger partial charge in [0.15, 0.2) is 0 Å². The molecule has 6 nitrogen and oxygen atoms in total. The highest BCUT2D eigenvalue weighted by Crippen LogP contribution is 2.46. The van der Waals surface area contributed by atoms with Crippen molar-refractivity contribution in [2.75, 3.05) is 5.73 Å². The summed E-state index contributed by atoms with van der Waals surface area (Å²) in [4.78, 5) is 4.34. The Morgan fingerprint density at radius 1 is 1.25 bits per heavy atom. The molecule has 0 saturated carbocycles. The number of nitriles is 1. The third-order valence-corrected chi connectivity index (χ3v) is 4.23. The zero-order chi connectivity index (χ0) is 16.8. The fraction of sp³-hybridized carbons (Fsp3) is 0.111. The van der Waals surface area contributed by atoms with Crippen LogP contribution in [-0.2, 0) is 13.0 Å². The Morgan fingerprint density at radius 2 is 2.08 bits per heavy atom. The van der Waals surface area contributed by atoms with Crippen molar-refractivity contribution in [1.82, 2.24) is 4.98 Å². The van der Waals surface area contributed by atoms with E-state index >= 15 is 0 Å². The Kier molecular flexibility index (Phi) is 3.05. The monoisotopic (exact) mass is 319 g/mol.